The van der Waals surface area contributed by atoms with Gasteiger partial charge in [-0.15, -0.1) is 0 Å². The average molecular weight is 358 g/mol. The molecular formula is C19H22N2O5. The smallest absolute Gasteiger partial charge is 0.231 e. The number of fused-ring (bicyclic) bond motifs is 2. The van der Waals surface area contributed by atoms with Gasteiger partial charge in [-0.2, -0.15) is 0 Å². The Morgan fingerprint density at radius 3 is 2.69 bits per heavy atom. The first-order valence-electron chi connectivity index (χ1n) is 8.70. The van der Waals surface area contributed by atoms with E-state index >= 15 is 0 Å². The van der Waals surface area contributed by atoms with Crippen molar-refractivity contribution in [3.63, 3.8) is 0 Å². The van der Waals surface area contributed by atoms with Crippen molar-refractivity contribution in [1.29, 1.82) is 0 Å². The molecule has 7 nitrogen and oxygen atoms in total. The van der Waals surface area contributed by atoms with Gasteiger partial charge in [-0.05, 0) is 25.1 Å². The zero-order valence-corrected chi connectivity index (χ0v) is 14.4. The molecule has 0 aromatic heterocycles. The number of benzene rings is 2. The molecule has 2 aliphatic heterocycles. The van der Waals surface area contributed by atoms with E-state index in [1.165, 1.54) is 0 Å². The van der Waals surface area contributed by atoms with E-state index in [0.717, 1.165) is 18.7 Å². The standard InChI is InChI=1S/C19H22N2O5/c20-13-3-1-4-14(7-13)22-6-2-5-21-10-15-11-23-18-8-16-17(25-12-24-16)9-19(18)26-15/h1,3-4,7-9,15,21H,2,5-6,10-12,20H2. The molecule has 0 saturated carbocycles. The number of nitrogens with one attached hydrogen (secondary N) is 1. The van der Waals surface area contributed by atoms with Gasteiger partial charge in [-0.25, -0.2) is 0 Å². The van der Waals surface area contributed by atoms with Crippen LogP contribution in [0.2, 0.25) is 0 Å². The SMILES string of the molecule is Nc1cccc(OCCCNCC2COc3cc4c(cc3O2)OCO4)c1. The van der Waals surface area contributed by atoms with Crippen LogP contribution in [0.15, 0.2) is 36.4 Å². The van der Waals surface area contributed by atoms with Crippen molar-refractivity contribution in [3.8, 4) is 28.7 Å². The zero-order valence-electron chi connectivity index (χ0n) is 14.4. The molecule has 4 rings (SSSR count). The molecule has 0 saturated heterocycles. The average Bonchev–Trinajstić information content (AvgIpc) is 3.10. The molecule has 0 radical (unpaired) electrons. The minimum Gasteiger partial charge on any atom is -0.493 e. The Morgan fingerprint density at radius 1 is 1.04 bits per heavy atom. The Labute approximate surface area is 151 Å². The molecule has 0 amide bonds. The quantitative estimate of drug-likeness (QED) is 0.580. The third-order valence-electron chi connectivity index (χ3n) is 4.15. The maximum atomic E-state index is 5.98. The van der Waals surface area contributed by atoms with Gasteiger partial charge in [0.2, 0.25) is 6.79 Å². The van der Waals surface area contributed by atoms with Crippen LogP contribution in [0, 0.1) is 0 Å². The Kier molecular flexibility index (Phi) is 4.88. The van der Waals surface area contributed by atoms with E-state index in [1.807, 2.05) is 36.4 Å². The van der Waals surface area contributed by atoms with Crippen LogP contribution in [0.25, 0.3) is 0 Å². The minimum absolute atomic E-state index is 0.0438. The van der Waals surface area contributed by atoms with Crippen LogP contribution in [0.5, 0.6) is 28.7 Å². The van der Waals surface area contributed by atoms with Crippen molar-refractivity contribution in [3.05, 3.63) is 36.4 Å². The first kappa shape index (κ1) is 16.7. The number of nitrogen functional groups attached to an aromatic ring is 1. The molecule has 3 N–H and O–H groups in total. The van der Waals surface area contributed by atoms with Crippen molar-refractivity contribution in [2.45, 2.75) is 12.5 Å². The summed E-state index contributed by atoms with van der Waals surface area (Å²) in [5.74, 6) is 3.58. The summed E-state index contributed by atoms with van der Waals surface area (Å²) in [4.78, 5) is 0. The van der Waals surface area contributed by atoms with E-state index < -0.39 is 0 Å². The van der Waals surface area contributed by atoms with Crippen molar-refractivity contribution >= 4 is 5.69 Å². The number of ether oxygens (including phenoxy) is 5. The van der Waals surface area contributed by atoms with E-state index in [1.54, 1.807) is 0 Å². The lowest BCUT2D eigenvalue weighted by Gasteiger charge is -2.27. The number of nitrogens with two attached hydrogens (primary N) is 1. The highest BCUT2D eigenvalue weighted by Gasteiger charge is 2.25. The fraction of sp³-hybridized carbons (Fsp3) is 0.368. The van der Waals surface area contributed by atoms with Gasteiger partial charge in [-0.1, -0.05) is 6.07 Å². The van der Waals surface area contributed by atoms with Crippen molar-refractivity contribution < 1.29 is 23.7 Å². The second kappa shape index (κ2) is 7.61. The lowest BCUT2D eigenvalue weighted by Crippen LogP contribution is -2.39. The van der Waals surface area contributed by atoms with Gasteiger partial charge < -0.3 is 34.7 Å². The van der Waals surface area contributed by atoms with Gasteiger partial charge in [0.15, 0.2) is 23.0 Å². The molecule has 1 unspecified atom stereocenters. The molecule has 2 heterocycles. The largest absolute Gasteiger partial charge is 0.493 e. The molecule has 2 aliphatic rings. The first-order valence-corrected chi connectivity index (χ1v) is 8.70. The summed E-state index contributed by atoms with van der Waals surface area (Å²) in [5, 5.41) is 3.37. The number of hydrogen-bond donors (Lipinski definition) is 2. The monoisotopic (exact) mass is 358 g/mol. The number of rotatable bonds is 7. The maximum absolute atomic E-state index is 5.98. The molecule has 1 atom stereocenters. The molecule has 26 heavy (non-hydrogen) atoms. The van der Waals surface area contributed by atoms with E-state index in [-0.39, 0.29) is 12.9 Å². The van der Waals surface area contributed by atoms with Gasteiger partial charge in [0.1, 0.15) is 18.5 Å². The topological polar surface area (TPSA) is 84.2 Å². The Morgan fingerprint density at radius 2 is 1.85 bits per heavy atom. The van der Waals surface area contributed by atoms with Crippen LogP contribution in [-0.2, 0) is 0 Å². The Hall–Kier alpha value is -2.80. The maximum Gasteiger partial charge on any atom is 0.231 e. The fourth-order valence-corrected chi connectivity index (χ4v) is 2.86. The second-order valence-corrected chi connectivity index (χ2v) is 6.18. The molecule has 2 aromatic rings. The summed E-state index contributed by atoms with van der Waals surface area (Å²) in [6, 6.07) is 11.1. The first-order chi connectivity index (χ1) is 12.8. The predicted molar refractivity (Wildman–Crippen MR) is 96.3 cm³/mol. The molecule has 0 spiro atoms. The van der Waals surface area contributed by atoms with Crippen LogP contribution >= 0.6 is 0 Å². The van der Waals surface area contributed by atoms with Gasteiger partial charge >= 0.3 is 0 Å². The Balaban J connectivity index is 1.17. The summed E-state index contributed by atoms with van der Waals surface area (Å²) in [6.45, 7) is 2.90. The van der Waals surface area contributed by atoms with Crippen LogP contribution in [-0.4, -0.2) is 39.2 Å². The van der Waals surface area contributed by atoms with Crippen LogP contribution < -0.4 is 34.7 Å². The molecule has 0 aliphatic carbocycles. The van der Waals surface area contributed by atoms with Gasteiger partial charge in [0.25, 0.3) is 0 Å². The Bertz CT molecular complexity index is 768. The highest BCUT2D eigenvalue weighted by atomic mass is 16.7. The van der Waals surface area contributed by atoms with Gasteiger partial charge in [0.05, 0.1) is 6.61 Å². The van der Waals surface area contributed by atoms with Gasteiger partial charge in [-0.3, -0.25) is 0 Å². The number of hydrogen-bond acceptors (Lipinski definition) is 7. The van der Waals surface area contributed by atoms with Gasteiger partial charge in [0, 0.05) is 30.4 Å². The highest BCUT2D eigenvalue weighted by Crippen LogP contribution is 2.43. The fourth-order valence-electron chi connectivity index (χ4n) is 2.86. The zero-order chi connectivity index (χ0) is 17.8. The normalized spacial score (nSPS) is 17.2. The lowest BCUT2D eigenvalue weighted by atomic mass is 10.2. The predicted octanol–water partition coefficient (Wildman–Crippen LogP) is 2.20. The van der Waals surface area contributed by atoms with Crippen molar-refractivity contribution in [1.82, 2.24) is 5.32 Å². The molecular weight excluding hydrogens is 336 g/mol. The third kappa shape index (κ3) is 3.88. The molecule has 0 bridgehead atoms. The number of anilines is 1. The highest BCUT2D eigenvalue weighted by molar-refractivity contribution is 5.55. The summed E-state index contributed by atoms with van der Waals surface area (Å²) < 4.78 is 28.1. The van der Waals surface area contributed by atoms with Crippen LogP contribution in [0.4, 0.5) is 5.69 Å². The van der Waals surface area contributed by atoms with E-state index in [2.05, 4.69) is 5.32 Å². The van der Waals surface area contributed by atoms with Crippen LogP contribution in [0.1, 0.15) is 6.42 Å². The van der Waals surface area contributed by atoms with Crippen molar-refractivity contribution in [2.24, 2.45) is 0 Å². The third-order valence-corrected chi connectivity index (χ3v) is 4.15. The van der Waals surface area contributed by atoms with E-state index in [4.69, 9.17) is 29.4 Å². The summed E-state index contributed by atoms with van der Waals surface area (Å²) in [7, 11) is 0. The minimum atomic E-state index is -0.0438. The molecule has 0 fully saturated rings. The van der Waals surface area contributed by atoms with E-state index in [0.29, 0.717) is 48.4 Å². The molecule has 138 valence electrons. The van der Waals surface area contributed by atoms with E-state index in [9.17, 15) is 0 Å². The van der Waals surface area contributed by atoms with Crippen LogP contribution in [0.3, 0.4) is 0 Å². The second-order valence-electron chi connectivity index (χ2n) is 6.18. The molecule has 2 aromatic carbocycles. The molecule has 7 heteroatoms. The lowest BCUT2D eigenvalue weighted by molar-refractivity contribution is 0.0899. The van der Waals surface area contributed by atoms with Crippen molar-refractivity contribution in [2.75, 3.05) is 38.8 Å². The summed E-state index contributed by atoms with van der Waals surface area (Å²) >= 11 is 0. The summed E-state index contributed by atoms with van der Waals surface area (Å²) in [6.07, 6.45) is 0.843. The summed E-state index contributed by atoms with van der Waals surface area (Å²) in [5.41, 5.74) is 6.43.